The van der Waals surface area contributed by atoms with Gasteiger partial charge in [-0.3, -0.25) is 0 Å². The molecule has 0 aromatic carbocycles. The van der Waals surface area contributed by atoms with Crippen LogP contribution in [-0.2, 0) is 4.74 Å². The van der Waals surface area contributed by atoms with E-state index in [0.717, 1.165) is 31.8 Å². The Morgan fingerprint density at radius 2 is 2.27 bits per heavy atom. The maximum absolute atomic E-state index is 5.78. The van der Waals surface area contributed by atoms with Crippen LogP contribution in [0.1, 0.15) is 12.8 Å². The number of pyridine rings is 1. The van der Waals surface area contributed by atoms with E-state index in [-0.39, 0.29) is 6.10 Å². The number of nitrogens with zero attached hydrogens (tertiary/aromatic N) is 1. The second-order valence-corrected chi connectivity index (χ2v) is 3.45. The van der Waals surface area contributed by atoms with E-state index >= 15 is 0 Å². The SMILES string of the molecule is NNc1cc(OC2CCOCC2)ccn1. The van der Waals surface area contributed by atoms with Crippen molar-refractivity contribution < 1.29 is 9.47 Å². The van der Waals surface area contributed by atoms with Crippen LogP contribution in [0.3, 0.4) is 0 Å². The van der Waals surface area contributed by atoms with E-state index in [1.165, 1.54) is 0 Å². The largest absolute Gasteiger partial charge is 0.490 e. The van der Waals surface area contributed by atoms with Crippen LogP contribution in [0.25, 0.3) is 0 Å². The molecule has 0 radical (unpaired) electrons. The topological polar surface area (TPSA) is 69.4 Å². The van der Waals surface area contributed by atoms with Crippen LogP contribution < -0.4 is 16.0 Å². The fraction of sp³-hybridized carbons (Fsp3) is 0.500. The van der Waals surface area contributed by atoms with E-state index in [0.29, 0.717) is 5.82 Å². The molecule has 82 valence electrons. The summed E-state index contributed by atoms with van der Waals surface area (Å²) in [4.78, 5) is 4.01. The van der Waals surface area contributed by atoms with Crippen molar-refractivity contribution in [1.82, 2.24) is 4.98 Å². The van der Waals surface area contributed by atoms with Crippen molar-refractivity contribution >= 4 is 5.82 Å². The molecule has 0 amide bonds. The molecular weight excluding hydrogens is 194 g/mol. The van der Waals surface area contributed by atoms with Gasteiger partial charge in [0.25, 0.3) is 0 Å². The second-order valence-electron chi connectivity index (χ2n) is 3.45. The summed E-state index contributed by atoms with van der Waals surface area (Å²) >= 11 is 0. The molecule has 1 aliphatic rings. The lowest BCUT2D eigenvalue weighted by Gasteiger charge is -2.23. The first-order chi connectivity index (χ1) is 7.38. The molecule has 1 fully saturated rings. The zero-order chi connectivity index (χ0) is 10.5. The van der Waals surface area contributed by atoms with Crippen LogP contribution in [0.4, 0.5) is 5.82 Å². The highest BCUT2D eigenvalue weighted by molar-refractivity contribution is 5.39. The van der Waals surface area contributed by atoms with Crippen LogP contribution >= 0.6 is 0 Å². The Morgan fingerprint density at radius 3 is 3.00 bits per heavy atom. The molecule has 3 N–H and O–H groups in total. The monoisotopic (exact) mass is 209 g/mol. The Bertz CT molecular complexity index is 313. The van der Waals surface area contributed by atoms with Crippen molar-refractivity contribution in [1.29, 1.82) is 0 Å². The number of anilines is 1. The number of hydrogen-bond donors (Lipinski definition) is 2. The van der Waals surface area contributed by atoms with Gasteiger partial charge in [-0.15, -0.1) is 0 Å². The zero-order valence-electron chi connectivity index (χ0n) is 8.48. The van der Waals surface area contributed by atoms with Crippen molar-refractivity contribution in [2.75, 3.05) is 18.6 Å². The third kappa shape index (κ3) is 2.81. The first-order valence-electron chi connectivity index (χ1n) is 5.05. The van der Waals surface area contributed by atoms with Gasteiger partial charge in [0.05, 0.1) is 13.2 Å². The van der Waals surface area contributed by atoms with Crippen molar-refractivity contribution in [3.63, 3.8) is 0 Å². The van der Waals surface area contributed by atoms with Crippen LogP contribution in [0.5, 0.6) is 5.75 Å². The number of hydrogen-bond acceptors (Lipinski definition) is 5. The van der Waals surface area contributed by atoms with E-state index in [9.17, 15) is 0 Å². The molecule has 5 heteroatoms. The summed E-state index contributed by atoms with van der Waals surface area (Å²) in [6.45, 7) is 1.55. The Hall–Kier alpha value is -1.33. The molecule has 1 aromatic heterocycles. The van der Waals surface area contributed by atoms with Crippen molar-refractivity contribution in [2.24, 2.45) is 5.84 Å². The predicted octanol–water partition coefficient (Wildman–Crippen LogP) is 0.925. The Labute approximate surface area is 88.6 Å². The van der Waals surface area contributed by atoms with E-state index in [1.54, 1.807) is 12.3 Å². The molecule has 1 saturated heterocycles. The summed E-state index contributed by atoms with van der Waals surface area (Å²) in [6.07, 6.45) is 3.79. The van der Waals surface area contributed by atoms with E-state index < -0.39 is 0 Å². The van der Waals surface area contributed by atoms with Crippen molar-refractivity contribution in [3.8, 4) is 5.75 Å². The van der Waals surface area contributed by atoms with Gasteiger partial charge in [0.1, 0.15) is 17.7 Å². The molecule has 0 spiro atoms. The van der Waals surface area contributed by atoms with Crippen LogP contribution in [0.2, 0.25) is 0 Å². The highest BCUT2D eigenvalue weighted by Crippen LogP contribution is 2.19. The fourth-order valence-corrected chi connectivity index (χ4v) is 1.55. The lowest BCUT2D eigenvalue weighted by molar-refractivity contribution is 0.0256. The molecule has 15 heavy (non-hydrogen) atoms. The number of nitrogen functional groups attached to an aromatic ring is 1. The van der Waals surface area contributed by atoms with Gasteiger partial charge in [0.15, 0.2) is 0 Å². The van der Waals surface area contributed by atoms with Crippen molar-refractivity contribution in [3.05, 3.63) is 18.3 Å². The predicted molar refractivity (Wildman–Crippen MR) is 56.5 cm³/mol. The molecule has 0 unspecified atom stereocenters. The Kier molecular flexibility index (Phi) is 3.37. The molecule has 0 bridgehead atoms. The average molecular weight is 209 g/mol. The summed E-state index contributed by atoms with van der Waals surface area (Å²) < 4.78 is 11.0. The molecule has 2 rings (SSSR count). The highest BCUT2D eigenvalue weighted by Gasteiger charge is 2.15. The highest BCUT2D eigenvalue weighted by atomic mass is 16.5. The summed E-state index contributed by atoms with van der Waals surface area (Å²) in [6, 6.07) is 3.62. The Morgan fingerprint density at radius 1 is 1.47 bits per heavy atom. The molecular formula is C10H15N3O2. The number of rotatable bonds is 3. The smallest absolute Gasteiger partial charge is 0.143 e. The number of nitrogens with two attached hydrogens (primary N) is 1. The normalized spacial score (nSPS) is 17.4. The van der Waals surface area contributed by atoms with Crippen LogP contribution in [-0.4, -0.2) is 24.3 Å². The van der Waals surface area contributed by atoms with Gasteiger partial charge in [-0.2, -0.15) is 0 Å². The summed E-state index contributed by atoms with van der Waals surface area (Å²) in [5.41, 5.74) is 2.49. The Balaban J connectivity index is 1.96. The van der Waals surface area contributed by atoms with Crippen LogP contribution in [0.15, 0.2) is 18.3 Å². The maximum Gasteiger partial charge on any atom is 0.143 e. The standard InChI is InChI=1S/C10H15N3O2/c11-13-10-7-9(1-4-12-10)15-8-2-5-14-6-3-8/h1,4,7-8H,2-3,5-6,11H2,(H,12,13). The minimum absolute atomic E-state index is 0.242. The second kappa shape index (κ2) is 4.95. The first kappa shape index (κ1) is 10.2. The zero-order valence-corrected chi connectivity index (χ0v) is 8.48. The van der Waals surface area contributed by atoms with Gasteiger partial charge < -0.3 is 14.9 Å². The summed E-state index contributed by atoms with van der Waals surface area (Å²) in [5.74, 6) is 6.67. The number of hydrazine groups is 1. The number of nitrogens with one attached hydrogen (secondary N) is 1. The summed E-state index contributed by atoms with van der Waals surface area (Å²) in [7, 11) is 0. The summed E-state index contributed by atoms with van der Waals surface area (Å²) in [5, 5.41) is 0. The molecule has 2 heterocycles. The number of ether oxygens (including phenoxy) is 2. The average Bonchev–Trinajstić information content (AvgIpc) is 2.31. The van der Waals surface area contributed by atoms with Gasteiger partial charge >= 0.3 is 0 Å². The van der Waals surface area contributed by atoms with Gasteiger partial charge in [0.2, 0.25) is 0 Å². The van der Waals surface area contributed by atoms with E-state index in [4.69, 9.17) is 15.3 Å². The molecule has 1 aliphatic heterocycles. The molecule has 1 aromatic rings. The van der Waals surface area contributed by atoms with E-state index in [1.807, 2.05) is 6.07 Å². The maximum atomic E-state index is 5.78. The minimum Gasteiger partial charge on any atom is -0.490 e. The van der Waals surface area contributed by atoms with Crippen molar-refractivity contribution in [2.45, 2.75) is 18.9 Å². The van der Waals surface area contributed by atoms with Gasteiger partial charge in [-0.1, -0.05) is 0 Å². The molecule has 0 saturated carbocycles. The minimum atomic E-state index is 0.242. The molecule has 5 nitrogen and oxygen atoms in total. The third-order valence-corrected chi connectivity index (χ3v) is 2.35. The lowest BCUT2D eigenvalue weighted by Crippen LogP contribution is -2.25. The van der Waals surface area contributed by atoms with Gasteiger partial charge in [0, 0.05) is 25.1 Å². The first-order valence-corrected chi connectivity index (χ1v) is 5.05. The van der Waals surface area contributed by atoms with E-state index in [2.05, 4.69) is 10.4 Å². The molecule has 0 aliphatic carbocycles. The van der Waals surface area contributed by atoms with Crippen LogP contribution in [0, 0.1) is 0 Å². The number of aromatic nitrogens is 1. The van der Waals surface area contributed by atoms with Gasteiger partial charge in [-0.25, -0.2) is 10.8 Å². The quantitative estimate of drug-likeness (QED) is 0.572. The third-order valence-electron chi connectivity index (χ3n) is 2.35. The fourth-order valence-electron chi connectivity index (χ4n) is 1.55. The lowest BCUT2D eigenvalue weighted by atomic mass is 10.1. The van der Waals surface area contributed by atoms with Gasteiger partial charge in [-0.05, 0) is 6.07 Å². The molecule has 0 atom stereocenters.